The average Bonchev–Trinajstić information content (AvgIpc) is 3.02. The van der Waals surface area contributed by atoms with Gasteiger partial charge in [0.2, 0.25) is 6.10 Å². The van der Waals surface area contributed by atoms with Crippen molar-refractivity contribution in [3.8, 4) is 22.8 Å². The fourth-order valence-corrected chi connectivity index (χ4v) is 3.60. The predicted molar refractivity (Wildman–Crippen MR) is 102 cm³/mol. The van der Waals surface area contributed by atoms with Gasteiger partial charge in [-0.05, 0) is 26.0 Å². The van der Waals surface area contributed by atoms with Crippen molar-refractivity contribution in [1.82, 2.24) is 4.98 Å². The van der Waals surface area contributed by atoms with Crippen LogP contribution in [-0.4, -0.2) is 23.6 Å². The Morgan fingerprint density at radius 3 is 2.62 bits per heavy atom. The standard InChI is InChI=1S/C20H18N2O3S/c1-12-7-9-14(10-8-12)18-13(2)26-20(21-18)22-19(23)17-11-24-15-5-3-4-6-16(15)25-17/h3-10,17H,11H2,1-2H3,(H,21,22,23). The van der Waals surface area contributed by atoms with E-state index in [4.69, 9.17) is 9.47 Å². The lowest BCUT2D eigenvalue weighted by molar-refractivity contribution is -0.125. The van der Waals surface area contributed by atoms with E-state index in [-0.39, 0.29) is 12.5 Å². The van der Waals surface area contributed by atoms with E-state index in [1.807, 2.05) is 44.2 Å². The highest BCUT2D eigenvalue weighted by atomic mass is 32.1. The number of carbonyl (C=O) groups is 1. The molecule has 2 heterocycles. The van der Waals surface area contributed by atoms with E-state index in [0.29, 0.717) is 16.6 Å². The lowest BCUT2D eigenvalue weighted by atomic mass is 10.1. The smallest absolute Gasteiger partial charge is 0.270 e. The Kier molecular flexibility index (Phi) is 4.34. The number of para-hydroxylation sites is 2. The van der Waals surface area contributed by atoms with E-state index < -0.39 is 6.10 Å². The molecule has 1 atom stereocenters. The Labute approximate surface area is 155 Å². The fourth-order valence-electron chi connectivity index (χ4n) is 2.76. The lowest BCUT2D eigenvalue weighted by Crippen LogP contribution is -2.40. The Balaban J connectivity index is 1.49. The van der Waals surface area contributed by atoms with Crippen molar-refractivity contribution < 1.29 is 14.3 Å². The molecular weight excluding hydrogens is 348 g/mol. The zero-order valence-electron chi connectivity index (χ0n) is 14.5. The maximum absolute atomic E-state index is 12.5. The Morgan fingerprint density at radius 2 is 1.85 bits per heavy atom. The number of ether oxygens (including phenoxy) is 2. The molecular formula is C20H18N2O3S. The summed E-state index contributed by atoms with van der Waals surface area (Å²) in [5.41, 5.74) is 3.12. The number of aryl methyl sites for hydroxylation is 2. The summed E-state index contributed by atoms with van der Waals surface area (Å²) in [6.07, 6.45) is -0.697. The molecule has 1 unspecified atom stereocenters. The number of nitrogens with one attached hydrogen (secondary N) is 1. The summed E-state index contributed by atoms with van der Waals surface area (Å²) in [5, 5.41) is 3.41. The maximum atomic E-state index is 12.5. The highest BCUT2D eigenvalue weighted by molar-refractivity contribution is 7.16. The van der Waals surface area contributed by atoms with E-state index in [2.05, 4.69) is 22.4 Å². The molecule has 0 saturated heterocycles. The second kappa shape index (κ2) is 6.80. The minimum absolute atomic E-state index is 0.179. The SMILES string of the molecule is Cc1ccc(-c2nc(NC(=O)C3COc4ccccc4O3)sc2C)cc1. The quantitative estimate of drug-likeness (QED) is 0.754. The molecule has 1 amide bonds. The minimum Gasteiger partial charge on any atom is -0.485 e. The van der Waals surface area contributed by atoms with Crippen LogP contribution >= 0.6 is 11.3 Å². The van der Waals surface area contributed by atoms with Crippen LogP contribution in [0.5, 0.6) is 11.5 Å². The van der Waals surface area contributed by atoms with E-state index >= 15 is 0 Å². The summed E-state index contributed by atoms with van der Waals surface area (Å²) in [7, 11) is 0. The number of benzene rings is 2. The van der Waals surface area contributed by atoms with Gasteiger partial charge >= 0.3 is 0 Å². The fraction of sp³-hybridized carbons (Fsp3) is 0.200. The monoisotopic (exact) mass is 366 g/mol. The van der Waals surface area contributed by atoms with Crippen molar-refractivity contribution in [3.63, 3.8) is 0 Å². The normalized spacial score (nSPS) is 15.5. The first kappa shape index (κ1) is 16.6. The largest absolute Gasteiger partial charge is 0.485 e. The molecule has 6 heteroatoms. The number of carbonyl (C=O) groups excluding carboxylic acids is 1. The molecule has 2 aromatic carbocycles. The van der Waals surface area contributed by atoms with Gasteiger partial charge in [-0.15, -0.1) is 11.3 Å². The Bertz CT molecular complexity index is 950. The first-order valence-electron chi connectivity index (χ1n) is 8.34. The van der Waals surface area contributed by atoms with Gasteiger partial charge in [-0.1, -0.05) is 42.0 Å². The summed E-state index contributed by atoms with van der Waals surface area (Å²) < 4.78 is 11.3. The number of amides is 1. The molecule has 4 rings (SSSR count). The number of fused-ring (bicyclic) bond motifs is 1. The van der Waals surface area contributed by atoms with Crippen LogP contribution in [0.2, 0.25) is 0 Å². The van der Waals surface area contributed by atoms with Gasteiger partial charge in [-0.25, -0.2) is 4.98 Å². The van der Waals surface area contributed by atoms with Gasteiger partial charge in [0.25, 0.3) is 5.91 Å². The van der Waals surface area contributed by atoms with Crippen LogP contribution in [0.4, 0.5) is 5.13 Å². The third-order valence-corrected chi connectivity index (χ3v) is 5.04. The zero-order chi connectivity index (χ0) is 18.1. The molecule has 0 saturated carbocycles. The third-order valence-electron chi connectivity index (χ3n) is 4.15. The Hall–Kier alpha value is -2.86. The predicted octanol–water partition coefficient (Wildman–Crippen LogP) is 4.21. The number of aromatic nitrogens is 1. The molecule has 0 radical (unpaired) electrons. The average molecular weight is 366 g/mol. The number of rotatable bonds is 3. The summed E-state index contributed by atoms with van der Waals surface area (Å²) >= 11 is 1.45. The van der Waals surface area contributed by atoms with Crippen molar-refractivity contribution in [2.75, 3.05) is 11.9 Å². The zero-order valence-corrected chi connectivity index (χ0v) is 15.3. The first-order valence-corrected chi connectivity index (χ1v) is 9.15. The van der Waals surface area contributed by atoms with E-state index in [0.717, 1.165) is 16.1 Å². The molecule has 0 aliphatic carbocycles. The number of thiazole rings is 1. The van der Waals surface area contributed by atoms with Gasteiger partial charge < -0.3 is 9.47 Å². The second-order valence-corrected chi connectivity index (χ2v) is 7.35. The van der Waals surface area contributed by atoms with Crippen LogP contribution in [0, 0.1) is 13.8 Å². The first-order chi connectivity index (χ1) is 12.6. The van der Waals surface area contributed by atoms with Crippen molar-refractivity contribution in [2.45, 2.75) is 20.0 Å². The molecule has 1 N–H and O–H groups in total. The van der Waals surface area contributed by atoms with Gasteiger partial charge in [0.1, 0.15) is 6.61 Å². The maximum Gasteiger partial charge on any atom is 0.270 e. The van der Waals surface area contributed by atoms with Crippen LogP contribution in [0.25, 0.3) is 11.3 Å². The summed E-state index contributed by atoms with van der Waals surface area (Å²) in [6, 6.07) is 15.5. The summed E-state index contributed by atoms with van der Waals surface area (Å²) in [5.74, 6) is 0.974. The van der Waals surface area contributed by atoms with Crippen LogP contribution in [0.15, 0.2) is 48.5 Å². The molecule has 0 spiro atoms. The van der Waals surface area contributed by atoms with E-state index in [9.17, 15) is 4.79 Å². The Morgan fingerprint density at radius 1 is 1.12 bits per heavy atom. The van der Waals surface area contributed by atoms with Gasteiger partial charge in [0.15, 0.2) is 16.6 Å². The molecule has 3 aromatic rings. The third kappa shape index (κ3) is 3.28. The molecule has 1 aliphatic rings. The van der Waals surface area contributed by atoms with Crippen LogP contribution in [0.3, 0.4) is 0 Å². The number of hydrogen-bond donors (Lipinski definition) is 1. The number of anilines is 1. The topological polar surface area (TPSA) is 60.5 Å². The van der Waals surface area contributed by atoms with Gasteiger partial charge in [-0.3, -0.25) is 10.1 Å². The van der Waals surface area contributed by atoms with Crippen molar-refractivity contribution in [2.24, 2.45) is 0 Å². The van der Waals surface area contributed by atoms with Crippen LogP contribution < -0.4 is 14.8 Å². The van der Waals surface area contributed by atoms with Crippen LogP contribution in [0.1, 0.15) is 10.4 Å². The van der Waals surface area contributed by atoms with Crippen molar-refractivity contribution in [3.05, 3.63) is 59.0 Å². The lowest BCUT2D eigenvalue weighted by Gasteiger charge is -2.25. The minimum atomic E-state index is -0.697. The molecule has 5 nitrogen and oxygen atoms in total. The van der Waals surface area contributed by atoms with E-state index in [1.54, 1.807) is 6.07 Å². The van der Waals surface area contributed by atoms with E-state index in [1.165, 1.54) is 16.9 Å². The highest BCUT2D eigenvalue weighted by Gasteiger charge is 2.28. The van der Waals surface area contributed by atoms with Crippen molar-refractivity contribution >= 4 is 22.4 Å². The highest BCUT2D eigenvalue weighted by Crippen LogP contribution is 2.33. The molecule has 1 aliphatic heterocycles. The van der Waals surface area contributed by atoms with Crippen LogP contribution in [-0.2, 0) is 4.79 Å². The van der Waals surface area contributed by atoms with Gasteiger partial charge in [-0.2, -0.15) is 0 Å². The number of hydrogen-bond acceptors (Lipinski definition) is 5. The molecule has 132 valence electrons. The number of nitrogens with zero attached hydrogens (tertiary/aromatic N) is 1. The van der Waals surface area contributed by atoms with Gasteiger partial charge in [0.05, 0.1) is 5.69 Å². The molecule has 1 aromatic heterocycles. The van der Waals surface area contributed by atoms with Gasteiger partial charge in [0, 0.05) is 10.4 Å². The summed E-state index contributed by atoms with van der Waals surface area (Å²) in [4.78, 5) is 18.2. The second-order valence-electron chi connectivity index (χ2n) is 6.14. The molecule has 0 bridgehead atoms. The summed E-state index contributed by atoms with van der Waals surface area (Å²) in [6.45, 7) is 4.23. The molecule has 0 fully saturated rings. The van der Waals surface area contributed by atoms with Crippen molar-refractivity contribution in [1.29, 1.82) is 0 Å². The molecule has 26 heavy (non-hydrogen) atoms.